The summed E-state index contributed by atoms with van der Waals surface area (Å²) >= 11 is 0. The van der Waals surface area contributed by atoms with E-state index in [0.29, 0.717) is 38.3 Å². The molecule has 0 radical (unpaired) electrons. The highest BCUT2D eigenvalue weighted by Crippen LogP contribution is 2.18. The summed E-state index contributed by atoms with van der Waals surface area (Å²) in [5.74, 6) is 0.998. The van der Waals surface area contributed by atoms with Crippen molar-refractivity contribution in [2.24, 2.45) is 0 Å². The van der Waals surface area contributed by atoms with Crippen LogP contribution in [0.3, 0.4) is 0 Å². The van der Waals surface area contributed by atoms with Gasteiger partial charge in [0.25, 0.3) is 5.56 Å². The predicted molar refractivity (Wildman–Crippen MR) is 120 cm³/mol. The molecule has 0 spiro atoms. The number of hydrogen-bond donors (Lipinski definition) is 2. The maximum Gasteiger partial charge on any atom is 0.330 e. The highest BCUT2D eigenvalue weighted by Gasteiger charge is 2.18. The molecular formula is C23H28N4O3. The van der Waals surface area contributed by atoms with Gasteiger partial charge in [0.1, 0.15) is 17.3 Å². The minimum absolute atomic E-state index is 0.185. The lowest BCUT2D eigenvalue weighted by Crippen LogP contribution is -2.39. The number of H-pyrrole nitrogens is 1. The second-order valence-electron chi connectivity index (χ2n) is 7.07. The van der Waals surface area contributed by atoms with Gasteiger partial charge in [-0.3, -0.25) is 14.3 Å². The number of nitrogens with two attached hydrogens (primary N) is 1. The van der Waals surface area contributed by atoms with Crippen molar-refractivity contribution in [2.45, 2.75) is 26.3 Å². The molecule has 2 aromatic carbocycles. The molecular weight excluding hydrogens is 380 g/mol. The highest BCUT2D eigenvalue weighted by atomic mass is 16.5. The molecule has 158 valence electrons. The van der Waals surface area contributed by atoms with E-state index in [4.69, 9.17) is 10.5 Å². The quantitative estimate of drug-likeness (QED) is 0.503. The lowest BCUT2D eigenvalue weighted by atomic mass is 10.2. The van der Waals surface area contributed by atoms with Crippen LogP contribution in [0, 0.1) is 0 Å². The maximum absolute atomic E-state index is 12.6. The molecule has 0 unspecified atom stereocenters. The largest absolute Gasteiger partial charge is 0.494 e. The van der Waals surface area contributed by atoms with E-state index in [1.54, 1.807) is 0 Å². The van der Waals surface area contributed by atoms with E-state index < -0.39 is 11.2 Å². The third-order valence-corrected chi connectivity index (χ3v) is 4.79. The summed E-state index contributed by atoms with van der Waals surface area (Å²) in [7, 11) is 0. The van der Waals surface area contributed by atoms with Crippen molar-refractivity contribution >= 4 is 11.5 Å². The second kappa shape index (κ2) is 10.3. The predicted octanol–water partition coefficient (Wildman–Crippen LogP) is 2.85. The van der Waals surface area contributed by atoms with E-state index >= 15 is 0 Å². The Balaban J connectivity index is 1.78. The van der Waals surface area contributed by atoms with Crippen LogP contribution in [-0.4, -0.2) is 29.2 Å². The molecule has 0 aliphatic rings. The van der Waals surface area contributed by atoms with Gasteiger partial charge in [-0.15, -0.1) is 0 Å². The molecule has 3 N–H and O–H groups in total. The Morgan fingerprint density at radius 2 is 1.67 bits per heavy atom. The highest BCUT2D eigenvalue weighted by molar-refractivity contribution is 5.62. The number of ether oxygens (including phenoxy) is 1. The van der Waals surface area contributed by atoms with E-state index in [2.05, 4.69) is 4.98 Å². The summed E-state index contributed by atoms with van der Waals surface area (Å²) in [6.07, 6.45) is 1.56. The number of benzene rings is 2. The number of aromatic nitrogens is 2. The zero-order valence-electron chi connectivity index (χ0n) is 17.2. The minimum atomic E-state index is -0.506. The monoisotopic (exact) mass is 408 g/mol. The average Bonchev–Trinajstić information content (AvgIpc) is 2.75. The maximum atomic E-state index is 12.6. The van der Waals surface area contributed by atoms with Crippen molar-refractivity contribution in [1.82, 2.24) is 9.55 Å². The summed E-state index contributed by atoms with van der Waals surface area (Å²) in [4.78, 5) is 29.4. The van der Waals surface area contributed by atoms with Crippen LogP contribution in [0.1, 0.15) is 25.3 Å². The number of para-hydroxylation sites is 1. The van der Waals surface area contributed by atoms with Crippen LogP contribution in [0.25, 0.3) is 0 Å². The van der Waals surface area contributed by atoms with Gasteiger partial charge in [0.05, 0.1) is 13.2 Å². The summed E-state index contributed by atoms with van der Waals surface area (Å²) < 4.78 is 7.17. The Labute approximate surface area is 175 Å². The molecule has 30 heavy (non-hydrogen) atoms. The summed E-state index contributed by atoms with van der Waals surface area (Å²) in [5, 5.41) is 0. The Morgan fingerprint density at radius 1 is 1.00 bits per heavy atom. The summed E-state index contributed by atoms with van der Waals surface area (Å²) in [6.45, 7) is 4.11. The molecule has 3 rings (SSSR count). The zero-order valence-corrected chi connectivity index (χ0v) is 17.2. The van der Waals surface area contributed by atoms with Gasteiger partial charge in [-0.2, -0.15) is 0 Å². The van der Waals surface area contributed by atoms with Crippen LogP contribution in [-0.2, 0) is 6.54 Å². The molecule has 0 bridgehead atoms. The third-order valence-electron chi connectivity index (χ3n) is 4.79. The number of nitrogens with one attached hydrogen (secondary N) is 1. The summed E-state index contributed by atoms with van der Waals surface area (Å²) in [6, 6.07) is 19.2. The van der Waals surface area contributed by atoms with E-state index in [-0.39, 0.29) is 5.82 Å². The number of nitrogen functional groups attached to an aromatic ring is 1. The van der Waals surface area contributed by atoms with Gasteiger partial charge in [0, 0.05) is 13.1 Å². The van der Waals surface area contributed by atoms with Crippen molar-refractivity contribution in [3.63, 3.8) is 0 Å². The number of aromatic amines is 1. The van der Waals surface area contributed by atoms with Gasteiger partial charge >= 0.3 is 5.69 Å². The van der Waals surface area contributed by atoms with E-state index in [9.17, 15) is 9.59 Å². The molecule has 3 aromatic rings. The molecule has 1 aromatic heterocycles. The minimum Gasteiger partial charge on any atom is -0.494 e. The Bertz CT molecular complexity index is 1050. The summed E-state index contributed by atoms with van der Waals surface area (Å²) in [5.41, 5.74) is 6.64. The molecule has 0 fully saturated rings. The number of hydrogen-bond acceptors (Lipinski definition) is 5. The van der Waals surface area contributed by atoms with Gasteiger partial charge in [0.15, 0.2) is 0 Å². The third kappa shape index (κ3) is 5.31. The fourth-order valence-electron chi connectivity index (χ4n) is 3.37. The number of anilines is 2. The molecule has 1 heterocycles. The second-order valence-corrected chi connectivity index (χ2v) is 7.07. The standard InChI is InChI=1S/C23H28N4O3/c1-2-14-26(15-9-16-30-19-12-7-4-8-13-19)20-21(24)27(23(29)25-22(20)28)17-18-10-5-3-6-11-18/h3-8,10-13H,2,9,14-17,24H2,1H3,(H,25,28,29). The van der Waals surface area contributed by atoms with Crippen LogP contribution in [0.5, 0.6) is 5.75 Å². The first-order chi connectivity index (χ1) is 14.6. The molecule has 0 amide bonds. The van der Waals surface area contributed by atoms with Crippen LogP contribution >= 0.6 is 0 Å². The molecule has 0 saturated carbocycles. The van der Waals surface area contributed by atoms with Crippen LogP contribution in [0.15, 0.2) is 70.3 Å². The van der Waals surface area contributed by atoms with Gasteiger partial charge < -0.3 is 15.4 Å². The van der Waals surface area contributed by atoms with Gasteiger partial charge in [-0.1, -0.05) is 55.5 Å². The lowest BCUT2D eigenvalue weighted by molar-refractivity contribution is 0.311. The number of rotatable bonds is 10. The first kappa shape index (κ1) is 21.2. The van der Waals surface area contributed by atoms with Gasteiger partial charge in [-0.05, 0) is 30.5 Å². The topological polar surface area (TPSA) is 93.3 Å². The molecule has 0 atom stereocenters. The van der Waals surface area contributed by atoms with E-state index in [1.807, 2.05) is 72.5 Å². The average molecular weight is 409 g/mol. The van der Waals surface area contributed by atoms with Crippen LogP contribution < -0.4 is 26.6 Å². The van der Waals surface area contributed by atoms with Crippen molar-refractivity contribution in [2.75, 3.05) is 30.3 Å². The van der Waals surface area contributed by atoms with Crippen molar-refractivity contribution in [3.05, 3.63) is 87.1 Å². The normalized spacial score (nSPS) is 10.7. The van der Waals surface area contributed by atoms with Gasteiger partial charge in [-0.25, -0.2) is 4.79 Å². The van der Waals surface area contributed by atoms with Crippen molar-refractivity contribution in [3.8, 4) is 5.75 Å². The number of nitrogens with zero attached hydrogens (tertiary/aromatic N) is 2. The molecule has 0 aliphatic heterocycles. The lowest BCUT2D eigenvalue weighted by Gasteiger charge is -2.26. The fraction of sp³-hybridized carbons (Fsp3) is 0.304. The Morgan fingerprint density at radius 3 is 2.33 bits per heavy atom. The first-order valence-electron chi connectivity index (χ1n) is 10.2. The van der Waals surface area contributed by atoms with Gasteiger partial charge in [0.2, 0.25) is 0 Å². The fourth-order valence-corrected chi connectivity index (χ4v) is 3.37. The van der Waals surface area contributed by atoms with Crippen molar-refractivity contribution in [1.29, 1.82) is 0 Å². The zero-order chi connectivity index (χ0) is 21.3. The van der Waals surface area contributed by atoms with Crippen LogP contribution in [0.2, 0.25) is 0 Å². The molecule has 7 nitrogen and oxygen atoms in total. The smallest absolute Gasteiger partial charge is 0.330 e. The molecule has 7 heteroatoms. The molecule has 0 saturated heterocycles. The SMILES string of the molecule is CCCN(CCCOc1ccccc1)c1c(N)n(Cc2ccccc2)c(=O)[nH]c1=O. The van der Waals surface area contributed by atoms with Crippen molar-refractivity contribution < 1.29 is 4.74 Å². The Hall–Kier alpha value is -3.48. The molecule has 0 aliphatic carbocycles. The van der Waals surface area contributed by atoms with Crippen LogP contribution in [0.4, 0.5) is 11.5 Å². The Kier molecular flexibility index (Phi) is 7.32. The van der Waals surface area contributed by atoms with E-state index in [1.165, 1.54) is 4.57 Å². The van der Waals surface area contributed by atoms with E-state index in [0.717, 1.165) is 17.7 Å². The first-order valence-corrected chi connectivity index (χ1v) is 10.2.